The lowest BCUT2D eigenvalue weighted by Crippen LogP contribution is -2.54. The number of anilines is 1. The smallest absolute Gasteiger partial charge is 0.335 e. The molecule has 194 valence electrons. The van der Waals surface area contributed by atoms with Gasteiger partial charge in [-0.25, -0.2) is 14.5 Å². The first-order valence-corrected chi connectivity index (χ1v) is 12.2. The molecule has 1 heterocycles. The van der Waals surface area contributed by atoms with E-state index in [0.29, 0.717) is 28.1 Å². The minimum absolute atomic E-state index is 0.0118. The number of methoxy groups -OCH3 is 1. The normalized spacial score (nSPS) is 14.5. The van der Waals surface area contributed by atoms with Crippen LogP contribution in [0.15, 0.2) is 64.6 Å². The topological polar surface area (TPSA) is 122 Å². The second-order valence-corrected chi connectivity index (χ2v) is 9.48. The average molecular weight is 579 g/mol. The summed E-state index contributed by atoms with van der Waals surface area (Å²) in [6, 6.07) is 13.6. The number of nitrogens with zero attached hydrogens (tertiary/aromatic N) is 1. The van der Waals surface area contributed by atoms with Gasteiger partial charge in [-0.1, -0.05) is 29.3 Å². The van der Waals surface area contributed by atoms with E-state index in [1.165, 1.54) is 37.5 Å². The van der Waals surface area contributed by atoms with Gasteiger partial charge in [-0.05, 0) is 83.4 Å². The molecule has 0 aliphatic carbocycles. The first kappa shape index (κ1) is 26.6. The number of carbonyl (C=O) groups is 4. The fourth-order valence-electron chi connectivity index (χ4n) is 4.08. The number of amides is 4. The van der Waals surface area contributed by atoms with E-state index in [0.717, 1.165) is 21.6 Å². The molecule has 1 aliphatic rings. The highest BCUT2D eigenvalue weighted by Crippen LogP contribution is 2.38. The Morgan fingerprint density at radius 1 is 1.03 bits per heavy atom. The molecular weight excluding hydrogens is 556 g/mol. The Bertz CT molecular complexity index is 1480. The average Bonchev–Trinajstić information content (AvgIpc) is 2.85. The van der Waals surface area contributed by atoms with Crippen LogP contribution in [0.5, 0.6) is 11.5 Å². The van der Waals surface area contributed by atoms with Crippen molar-refractivity contribution in [2.45, 2.75) is 20.5 Å². The predicted molar refractivity (Wildman–Crippen MR) is 143 cm³/mol. The standard InChI is InChI=1S/C28H23BrN2O7/c1-15-8-16(2)10-18(9-15)14-38-24-22(29)12-17(13-23(24)37-3)11-21-25(32)30-28(36)31(26(21)33)20-6-4-19(5-7-20)27(34)35/h4-13H,14H2,1-3H3,(H,34,35)(H,30,32,36)/b21-11+. The second kappa shape index (κ2) is 10.9. The third-order valence-electron chi connectivity index (χ3n) is 5.70. The van der Waals surface area contributed by atoms with Crippen LogP contribution in [0.4, 0.5) is 10.5 Å². The van der Waals surface area contributed by atoms with Crippen molar-refractivity contribution in [2.75, 3.05) is 12.0 Å². The van der Waals surface area contributed by atoms with E-state index in [1.54, 1.807) is 12.1 Å². The van der Waals surface area contributed by atoms with Crippen molar-refractivity contribution in [2.24, 2.45) is 0 Å². The zero-order chi connectivity index (χ0) is 27.6. The van der Waals surface area contributed by atoms with Gasteiger partial charge in [0.2, 0.25) is 0 Å². The fourth-order valence-corrected chi connectivity index (χ4v) is 4.66. The highest BCUT2D eigenvalue weighted by Gasteiger charge is 2.37. The first-order chi connectivity index (χ1) is 18.1. The number of urea groups is 1. The number of imide groups is 2. The SMILES string of the molecule is COc1cc(/C=C2\C(=O)NC(=O)N(c3ccc(C(=O)O)cc3)C2=O)cc(Br)c1OCc1cc(C)cc(C)c1. The molecule has 0 radical (unpaired) electrons. The van der Waals surface area contributed by atoms with Gasteiger partial charge in [0, 0.05) is 0 Å². The Balaban J connectivity index is 1.63. The van der Waals surface area contributed by atoms with Crippen molar-refractivity contribution in [1.82, 2.24) is 5.32 Å². The lowest BCUT2D eigenvalue weighted by Gasteiger charge is -2.26. The summed E-state index contributed by atoms with van der Waals surface area (Å²) in [5.74, 6) is -2.04. The van der Waals surface area contributed by atoms with E-state index in [9.17, 15) is 19.2 Å². The van der Waals surface area contributed by atoms with Crippen molar-refractivity contribution in [1.29, 1.82) is 0 Å². The summed E-state index contributed by atoms with van der Waals surface area (Å²) in [7, 11) is 1.47. The summed E-state index contributed by atoms with van der Waals surface area (Å²) in [6.07, 6.45) is 1.34. The van der Waals surface area contributed by atoms with Gasteiger partial charge >= 0.3 is 12.0 Å². The monoisotopic (exact) mass is 578 g/mol. The third kappa shape index (κ3) is 5.60. The summed E-state index contributed by atoms with van der Waals surface area (Å²) in [6.45, 7) is 4.33. The maximum atomic E-state index is 13.2. The number of aryl methyl sites for hydroxylation is 2. The number of hydrogen-bond acceptors (Lipinski definition) is 6. The number of barbiturate groups is 1. The first-order valence-electron chi connectivity index (χ1n) is 11.4. The molecule has 0 unspecified atom stereocenters. The molecule has 0 spiro atoms. The van der Waals surface area contributed by atoms with Crippen molar-refractivity contribution in [3.8, 4) is 11.5 Å². The zero-order valence-corrected chi connectivity index (χ0v) is 22.3. The van der Waals surface area contributed by atoms with Crippen LogP contribution in [-0.2, 0) is 16.2 Å². The fraction of sp³-hybridized carbons (Fsp3) is 0.143. The van der Waals surface area contributed by atoms with E-state index >= 15 is 0 Å². The molecule has 38 heavy (non-hydrogen) atoms. The molecule has 1 aliphatic heterocycles. The summed E-state index contributed by atoms with van der Waals surface area (Å²) in [5.41, 5.74) is 3.50. The summed E-state index contributed by atoms with van der Waals surface area (Å²) >= 11 is 3.48. The molecule has 0 aromatic heterocycles. The van der Waals surface area contributed by atoms with Gasteiger partial charge in [0.15, 0.2) is 11.5 Å². The molecule has 4 amide bonds. The van der Waals surface area contributed by atoms with Crippen LogP contribution >= 0.6 is 15.9 Å². The Kier molecular flexibility index (Phi) is 7.63. The minimum Gasteiger partial charge on any atom is -0.493 e. The van der Waals surface area contributed by atoms with Gasteiger partial charge in [-0.3, -0.25) is 14.9 Å². The Morgan fingerprint density at radius 2 is 1.68 bits per heavy atom. The zero-order valence-electron chi connectivity index (χ0n) is 20.7. The largest absolute Gasteiger partial charge is 0.493 e. The van der Waals surface area contributed by atoms with Crippen molar-refractivity contribution in [3.05, 3.63) is 92.5 Å². The Hall–Kier alpha value is -4.44. The number of hydrogen-bond donors (Lipinski definition) is 2. The second-order valence-electron chi connectivity index (χ2n) is 8.63. The molecule has 0 atom stereocenters. The van der Waals surface area contributed by atoms with Crippen LogP contribution in [0.2, 0.25) is 0 Å². The number of carbonyl (C=O) groups excluding carboxylic acids is 3. The maximum Gasteiger partial charge on any atom is 0.335 e. The molecule has 0 saturated carbocycles. The molecule has 9 nitrogen and oxygen atoms in total. The molecule has 3 aromatic rings. The summed E-state index contributed by atoms with van der Waals surface area (Å²) in [4.78, 5) is 50.1. The number of benzene rings is 3. The number of aromatic carboxylic acids is 1. The molecule has 4 rings (SSSR count). The minimum atomic E-state index is -1.15. The predicted octanol–water partition coefficient (Wildman–Crippen LogP) is 5.02. The lowest BCUT2D eigenvalue weighted by molar-refractivity contribution is -0.122. The van der Waals surface area contributed by atoms with E-state index in [4.69, 9.17) is 14.6 Å². The van der Waals surface area contributed by atoms with Gasteiger partial charge < -0.3 is 14.6 Å². The molecular formula is C28H23BrN2O7. The van der Waals surface area contributed by atoms with Gasteiger partial charge in [-0.15, -0.1) is 0 Å². The lowest BCUT2D eigenvalue weighted by atomic mass is 10.1. The van der Waals surface area contributed by atoms with Crippen LogP contribution in [0.1, 0.15) is 32.6 Å². The van der Waals surface area contributed by atoms with Gasteiger partial charge in [-0.2, -0.15) is 0 Å². The van der Waals surface area contributed by atoms with Gasteiger partial charge in [0.25, 0.3) is 11.8 Å². The van der Waals surface area contributed by atoms with E-state index in [1.807, 2.05) is 26.0 Å². The van der Waals surface area contributed by atoms with E-state index in [2.05, 4.69) is 27.3 Å². The molecule has 1 saturated heterocycles. The van der Waals surface area contributed by atoms with Crippen molar-refractivity contribution >= 4 is 51.5 Å². The number of nitrogens with one attached hydrogen (secondary N) is 1. The molecule has 10 heteroatoms. The summed E-state index contributed by atoms with van der Waals surface area (Å²) in [5, 5.41) is 11.2. The quantitative estimate of drug-likeness (QED) is 0.298. The molecule has 2 N–H and O–H groups in total. The van der Waals surface area contributed by atoms with Crippen LogP contribution < -0.4 is 19.7 Å². The van der Waals surface area contributed by atoms with Crippen LogP contribution in [-0.4, -0.2) is 36.0 Å². The Morgan fingerprint density at radius 3 is 2.29 bits per heavy atom. The molecule has 0 bridgehead atoms. The number of carboxylic acids is 1. The van der Waals surface area contributed by atoms with E-state index < -0.39 is 23.8 Å². The van der Waals surface area contributed by atoms with Crippen molar-refractivity contribution in [3.63, 3.8) is 0 Å². The highest BCUT2D eigenvalue weighted by atomic mass is 79.9. The Labute approximate surface area is 226 Å². The number of rotatable bonds is 7. The maximum absolute atomic E-state index is 13.2. The van der Waals surface area contributed by atoms with Gasteiger partial charge in [0.1, 0.15) is 12.2 Å². The highest BCUT2D eigenvalue weighted by molar-refractivity contribution is 9.10. The number of halogens is 1. The van der Waals surface area contributed by atoms with Crippen LogP contribution in [0.3, 0.4) is 0 Å². The third-order valence-corrected chi connectivity index (χ3v) is 6.29. The van der Waals surface area contributed by atoms with Gasteiger partial charge in [0.05, 0.1) is 22.8 Å². The van der Waals surface area contributed by atoms with Crippen molar-refractivity contribution < 1.29 is 33.8 Å². The molecule has 1 fully saturated rings. The number of ether oxygens (including phenoxy) is 2. The molecule has 3 aromatic carbocycles. The number of carboxylic acid groups (broad SMARTS) is 1. The van der Waals surface area contributed by atoms with E-state index in [-0.39, 0.29) is 16.8 Å². The van der Waals surface area contributed by atoms with Crippen LogP contribution in [0, 0.1) is 13.8 Å². The summed E-state index contributed by atoms with van der Waals surface area (Å²) < 4.78 is 12.1. The van der Waals surface area contributed by atoms with Crippen LogP contribution in [0.25, 0.3) is 6.08 Å².